The summed E-state index contributed by atoms with van der Waals surface area (Å²) >= 11 is 0. The Bertz CT molecular complexity index is 1230. The monoisotopic (exact) mass is 435 g/mol. The highest BCUT2D eigenvalue weighted by atomic mass is 19.4. The molecule has 1 heterocycles. The van der Waals surface area contributed by atoms with E-state index in [4.69, 9.17) is 5.73 Å². The minimum atomic E-state index is -4.69. The van der Waals surface area contributed by atoms with Crippen LogP contribution in [-0.4, -0.2) is 16.4 Å². The summed E-state index contributed by atoms with van der Waals surface area (Å²) in [5.74, 6) is -2.52. The minimum Gasteiger partial charge on any atom is -0.368 e. The third kappa shape index (κ3) is 4.57. The van der Waals surface area contributed by atoms with E-state index in [1.54, 1.807) is 0 Å². The van der Waals surface area contributed by atoms with Crippen molar-refractivity contribution in [3.05, 3.63) is 76.0 Å². The lowest BCUT2D eigenvalue weighted by Crippen LogP contribution is -2.31. The Balaban J connectivity index is 1.87. The smallest absolute Gasteiger partial charge is 0.368 e. The van der Waals surface area contributed by atoms with Gasteiger partial charge in [-0.05, 0) is 42.8 Å². The quantitative estimate of drug-likeness (QED) is 0.602. The summed E-state index contributed by atoms with van der Waals surface area (Å²) in [5.41, 5.74) is 3.66. The molecule has 2 amide bonds. The molecule has 0 aliphatic carbocycles. The number of hydrogen-bond acceptors (Lipinski definition) is 3. The fourth-order valence-corrected chi connectivity index (χ4v) is 3.08. The predicted molar refractivity (Wildman–Crippen MR) is 106 cm³/mol. The van der Waals surface area contributed by atoms with Crippen LogP contribution in [-0.2, 0) is 22.2 Å². The Labute approximate surface area is 173 Å². The van der Waals surface area contributed by atoms with Gasteiger partial charge in [0, 0.05) is 22.7 Å². The number of alkyl halides is 3. The van der Waals surface area contributed by atoms with Gasteiger partial charge in [-0.1, -0.05) is 12.1 Å². The number of nitrogens with one attached hydrogen (secondary N) is 1. The van der Waals surface area contributed by atoms with E-state index in [9.17, 15) is 31.9 Å². The molecule has 0 aliphatic heterocycles. The summed E-state index contributed by atoms with van der Waals surface area (Å²) in [5, 5.41) is 3.13. The van der Waals surface area contributed by atoms with Crippen molar-refractivity contribution in [3.63, 3.8) is 0 Å². The fraction of sp³-hybridized carbons (Fsp3) is 0.190. The molecule has 3 N–H and O–H groups in total. The Morgan fingerprint density at radius 1 is 1.13 bits per heavy atom. The van der Waals surface area contributed by atoms with Gasteiger partial charge in [0.05, 0.1) is 12.0 Å². The zero-order valence-corrected chi connectivity index (χ0v) is 16.2. The second kappa shape index (κ2) is 8.21. The molecule has 6 nitrogen and oxygen atoms in total. The molecule has 31 heavy (non-hydrogen) atoms. The largest absolute Gasteiger partial charge is 0.416 e. The van der Waals surface area contributed by atoms with Crippen LogP contribution in [0.5, 0.6) is 0 Å². The lowest BCUT2D eigenvalue weighted by Gasteiger charge is -2.14. The van der Waals surface area contributed by atoms with Gasteiger partial charge in [-0.3, -0.25) is 14.4 Å². The first-order chi connectivity index (χ1) is 14.5. The van der Waals surface area contributed by atoms with Gasteiger partial charge in [0.25, 0.3) is 5.56 Å². The number of fused-ring (bicyclic) bond motifs is 1. The van der Waals surface area contributed by atoms with Gasteiger partial charge >= 0.3 is 6.18 Å². The Morgan fingerprint density at radius 2 is 1.84 bits per heavy atom. The van der Waals surface area contributed by atoms with Crippen LogP contribution in [0.15, 0.2) is 53.5 Å². The number of anilines is 1. The SMILES string of the molecule is C[C@H](C(N)=O)n1ccc2c(NC(=O)Cc3ccc(C(F)(F)F)cc3F)cccc2c1=O. The molecule has 2 aromatic carbocycles. The number of carbonyl (C=O) groups excluding carboxylic acids is 2. The molecule has 3 rings (SSSR count). The van der Waals surface area contributed by atoms with Crippen LogP contribution in [0.4, 0.5) is 23.2 Å². The van der Waals surface area contributed by atoms with E-state index in [2.05, 4.69) is 5.32 Å². The Kier molecular flexibility index (Phi) is 5.83. The van der Waals surface area contributed by atoms with Crippen molar-refractivity contribution in [2.45, 2.75) is 25.6 Å². The number of aromatic nitrogens is 1. The zero-order valence-electron chi connectivity index (χ0n) is 16.2. The number of primary amides is 1. The molecule has 0 spiro atoms. The first-order valence-corrected chi connectivity index (χ1v) is 9.07. The van der Waals surface area contributed by atoms with E-state index >= 15 is 0 Å². The van der Waals surface area contributed by atoms with Gasteiger partial charge in [0.2, 0.25) is 11.8 Å². The van der Waals surface area contributed by atoms with Crippen LogP contribution in [0.25, 0.3) is 10.8 Å². The average molecular weight is 435 g/mol. The molecule has 0 bridgehead atoms. The van der Waals surface area contributed by atoms with Crippen molar-refractivity contribution in [1.29, 1.82) is 0 Å². The number of nitrogens with two attached hydrogens (primary N) is 1. The van der Waals surface area contributed by atoms with Crippen molar-refractivity contribution in [2.24, 2.45) is 5.73 Å². The first kappa shape index (κ1) is 22.0. The van der Waals surface area contributed by atoms with Crippen molar-refractivity contribution in [1.82, 2.24) is 4.57 Å². The Hall–Kier alpha value is -3.69. The summed E-state index contributed by atoms with van der Waals surface area (Å²) in [4.78, 5) is 36.4. The maximum absolute atomic E-state index is 14.0. The van der Waals surface area contributed by atoms with Crippen LogP contribution in [0, 0.1) is 5.82 Å². The highest BCUT2D eigenvalue weighted by Crippen LogP contribution is 2.30. The van der Waals surface area contributed by atoms with Gasteiger partial charge in [0.15, 0.2) is 0 Å². The number of amides is 2. The van der Waals surface area contributed by atoms with Crippen molar-refractivity contribution in [3.8, 4) is 0 Å². The van der Waals surface area contributed by atoms with Crippen LogP contribution in [0.3, 0.4) is 0 Å². The fourth-order valence-electron chi connectivity index (χ4n) is 3.08. The number of halogens is 4. The second-order valence-corrected chi connectivity index (χ2v) is 6.90. The van der Waals surface area contributed by atoms with Gasteiger partial charge in [-0.25, -0.2) is 4.39 Å². The third-order valence-electron chi connectivity index (χ3n) is 4.81. The summed E-state index contributed by atoms with van der Waals surface area (Å²) in [7, 11) is 0. The Morgan fingerprint density at radius 3 is 2.45 bits per heavy atom. The second-order valence-electron chi connectivity index (χ2n) is 6.90. The number of hydrogen-bond donors (Lipinski definition) is 2. The summed E-state index contributed by atoms with van der Waals surface area (Å²) < 4.78 is 53.1. The van der Waals surface area contributed by atoms with E-state index in [1.165, 1.54) is 37.4 Å². The number of benzene rings is 2. The summed E-state index contributed by atoms with van der Waals surface area (Å²) in [6.07, 6.45) is -3.83. The molecule has 0 fully saturated rings. The van der Waals surface area contributed by atoms with Crippen molar-refractivity contribution >= 4 is 28.3 Å². The molecule has 1 aromatic heterocycles. The van der Waals surface area contributed by atoms with Gasteiger partial charge in [0.1, 0.15) is 11.9 Å². The first-order valence-electron chi connectivity index (χ1n) is 9.07. The standard InChI is InChI=1S/C21H17F4N3O3/c1-11(19(26)30)28-8-7-14-15(20(28)31)3-2-4-17(14)27-18(29)9-12-5-6-13(10-16(12)22)21(23,24)25/h2-8,10-11H,9H2,1H3,(H2,26,30)(H,27,29)/t11-/m1/s1. The van der Waals surface area contributed by atoms with Crippen LogP contribution >= 0.6 is 0 Å². The number of pyridine rings is 1. The van der Waals surface area contributed by atoms with Crippen LogP contribution < -0.4 is 16.6 Å². The predicted octanol–water partition coefficient (Wildman–Crippen LogP) is 3.39. The van der Waals surface area contributed by atoms with E-state index < -0.39 is 47.4 Å². The molecule has 10 heteroatoms. The minimum absolute atomic E-state index is 0.205. The maximum Gasteiger partial charge on any atom is 0.416 e. The number of nitrogens with zero attached hydrogens (tertiary/aromatic N) is 1. The molecule has 1 atom stereocenters. The van der Waals surface area contributed by atoms with E-state index in [0.29, 0.717) is 17.5 Å². The molecule has 0 radical (unpaired) electrons. The lowest BCUT2D eigenvalue weighted by atomic mass is 10.1. The van der Waals surface area contributed by atoms with Crippen LogP contribution in [0.1, 0.15) is 24.1 Å². The molecular weight excluding hydrogens is 418 g/mol. The normalized spacial score (nSPS) is 12.5. The molecule has 162 valence electrons. The van der Waals surface area contributed by atoms with Gasteiger partial charge in [-0.15, -0.1) is 0 Å². The summed E-state index contributed by atoms with van der Waals surface area (Å²) in [6.45, 7) is 1.47. The van der Waals surface area contributed by atoms with E-state index in [0.717, 1.165) is 10.6 Å². The third-order valence-corrected chi connectivity index (χ3v) is 4.81. The topological polar surface area (TPSA) is 94.2 Å². The molecule has 3 aromatic rings. The molecular formula is C21H17F4N3O3. The molecule has 0 saturated heterocycles. The maximum atomic E-state index is 14.0. The van der Waals surface area contributed by atoms with E-state index in [-0.39, 0.29) is 16.6 Å². The lowest BCUT2D eigenvalue weighted by molar-refractivity contribution is -0.137. The van der Waals surface area contributed by atoms with Crippen molar-refractivity contribution in [2.75, 3.05) is 5.32 Å². The molecule has 0 unspecified atom stereocenters. The van der Waals surface area contributed by atoms with Crippen molar-refractivity contribution < 1.29 is 27.2 Å². The highest BCUT2D eigenvalue weighted by molar-refractivity contribution is 6.02. The molecule has 0 saturated carbocycles. The van der Waals surface area contributed by atoms with Gasteiger partial charge in [-0.2, -0.15) is 13.2 Å². The molecule has 0 aliphatic rings. The highest BCUT2D eigenvalue weighted by Gasteiger charge is 2.31. The van der Waals surface area contributed by atoms with E-state index in [1.807, 2.05) is 0 Å². The summed E-state index contributed by atoms with van der Waals surface area (Å²) in [6, 6.07) is 7.12. The number of carbonyl (C=O) groups is 2. The number of rotatable bonds is 5. The van der Waals surface area contributed by atoms with Gasteiger partial charge < -0.3 is 15.6 Å². The zero-order chi connectivity index (χ0) is 22.9. The van der Waals surface area contributed by atoms with Crippen LogP contribution in [0.2, 0.25) is 0 Å². The average Bonchev–Trinajstić information content (AvgIpc) is 2.69.